The Bertz CT molecular complexity index is 692. The normalized spacial score (nSPS) is 11.2. The van der Waals surface area contributed by atoms with E-state index in [-0.39, 0.29) is 10.7 Å². The zero-order valence-corrected chi connectivity index (χ0v) is 12.2. The first-order chi connectivity index (χ1) is 9.40. The van der Waals surface area contributed by atoms with E-state index >= 15 is 0 Å². The lowest BCUT2D eigenvalue weighted by Gasteiger charge is -2.09. The minimum atomic E-state index is -3.67. The summed E-state index contributed by atoms with van der Waals surface area (Å²) in [5, 5.41) is 0. The van der Waals surface area contributed by atoms with Crippen LogP contribution in [0.4, 0.5) is 5.82 Å². The zero-order valence-electron chi connectivity index (χ0n) is 11.4. The highest BCUT2D eigenvalue weighted by molar-refractivity contribution is 7.92. The van der Waals surface area contributed by atoms with Gasteiger partial charge < -0.3 is 4.74 Å². The second-order valence-corrected chi connectivity index (χ2v) is 5.91. The molecule has 0 saturated heterocycles. The number of benzene rings is 1. The Balaban J connectivity index is 2.30. The minimum Gasteiger partial charge on any atom is -0.497 e. The van der Waals surface area contributed by atoms with E-state index in [4.69, 9.17) is 4.74 Å². The molecule has 0 radical (unpaired) electrons. The molecule has 0 bridgehead atoms. The number of anilines is 1. The van der Waals surface area contributed by atoms with Crippen LogP contribution < -0.4 is 9.46 Å². The molecular formula is C13H15N3O3S. The number of hydrogen-bond acceptors (Lipinski definition) is 5. The van der Waals surface area contributed by atoms with E-state index in [9.17, 15) is 8.42 Å². The predicted octanol–water partition coefficient (Wildman–Crippen LogP) is 1.90. The van der Waals surface area contributed by atoms with Crippen molar-refractivity contribution in [1.82, 2.24) is 9.97 Å². The number of hydrogen-bond donors (Lipinski definition) is 1. The molecule has 6 nitrogen and oxygen atoms in total. The third-order valence-corrected chi connectivity index (χ3v) is 3.95. The van der Waals surface area contributed by atoms with Crippen molar-refractivity contribution in [2.75, 3.05) is 11.8 Å². The average molecular weight is 293 g/mol. The van der Waals surface area contributed by atoms with Gasteiger partial charge in [-0.3, -0.25) is 4.72 Å². The quantitative estimate of drug-likeness (QED) is 0.931. The van der Waals surface area contributed by atoms with Crippen LogP contribution in [-0.2, 0) is 10.0 Å². The summed E-state index contributed by atoms with van der Waals surface area (Å²) < 4.78 is 31.9. The fourth-order valence-corrected chi connectivity index (χ4v) is 2.71. The van der Waals surface area contributed by atoms with E-state index in [2.05, 4.69) is 14.7 Å². The number of rotatable bonds is 4. The van der Waals surface area contributed by atoms with Gasteiger partial charge in [-0.25, -0.2) is 18.4 Å². The third kappa shape index (κ3) is 3.24. The van der Waals surface area contributed by atoms with E-state index in [0.717, 1.165) is 0 Å². The van der Waals surface area contributed by atoms with Gasteiger partial charge in [0.2, 0.25) is 0 Å². The fraction of sp³-hybridized carbons (Fsp3) is 0.231. The molecule has 106 valence electrons. The molecular weight excluding hydrogens is 278 g/mol. The van der Waals surface area contributed by atoms with Gasteiger partial charge in [0.1, 0.15) is 17.4 Å². The molecule has 2 aromatic rings. The molecule has 0 fully saturated rings. The van der Waals surface area contributed by atoms with Gasteiger partial charge in [-0.2, -0.15) is 0 Å². The topological polar surface area (TPSA) is 81.2 Å². The van der Waals surface area contributed by atoms with Crippen molar-refractivity contribution in [2.24, 2.45) is 0 Å². The largest absolute Gasteiger partial charge is 0.497 e. The van der Waals surface area contributed by atoms with Gasteiger partial charge in [0, 0.05) is 11.8 Å². The summed E-state index contributed by atoms with van der Waals surface area (Å²) in [4.78, 5) is 8.30. The monoisotopic (exact) mass is 293 g/mol. The lowest BCUT2D eigenvalue weighted by atomic mass is 10.3. The summed E-state index contributed by atoms with van der Waals surface area (Å²) in [5.41, 5.74) is 0.699. The Morgan fingerprint density at radius 1 is 1.10 bits per heavy atom. The molecule has 1 aromatic heterocycles. The van der Waals surface area contributed by atoms with Crippen LogP contribution in [0.25, 0.3) is 0 Å². The highest BCUT2D eigenvalue weighted by Crippen LogP contribution is 2.18. The van der Waals surface area contributed by atoms with E-state index in [0.29, 0.717) is 17.3 Å². The third-order valence-electron chi connectivity index (χ3n) is 2.57. The Kier molecular flexibility index (Phi) is 3.89. The number of aryl methyl sites for hydroxylation is 2. The highest BCUT2D eigenvalue weighted by atomic mass is 32.2. The fourth-order valence-electron chi connectivity index (χ4n) is 1.72. The molecule has 0 aliphatic rings. The molecule has 0 unspecified atom stereocenters. The van der Waals surface area contributed by atoms with E-state index in [1.807, 2.05) is 0 Å². The Hall–Kier alpha value is -2.15. The van der Waals surface area contributed by atoms with Crippen molar-refractivity contribution in [3.63, 3.8) is 0 Å². The zero-order chi connectivity index (χ0) is 14.8. The van der Waals surface area contributed by atoms with Crippen LogP contribution in [0.1, 0.15) is 11.5 Å². The summed E-state index contributed by atoms with van der Waals surface area (Å²) in [5.74, 6) is 1.36. The maximum atomic E-state index is 12.2. The first kappa shape index (κ1) is 14.3. The summed E-state index contributed by atoms with van der Waals surface area (Å²) >= 11 is 0. The van der Waals surface area contributed by atoms with Crippen molar-refractivity contribution in [1.29, 1.82) is 0 Å². The van der Waals surface area contributed by atoms with Crippen molar-refractivity contribution in [3.8, 4) is 5.75 Å². The van der Waals surface area contributed by atoms with Crippen molar-refractivity contribution >= 4 is 15.8 Å². The smallest absolute Gasteiger partial charge is 0.263 e. The first-order valence-corrected chi connectivity index (χ1v) is 7.38. The summed E-state index contributed by atoms with van der Waals surface area (Å²) in [6.07, 6.45) is 0. The van der Waals surface area contributed by atoms with Gasteiger partial charge in [-0.1, -0.05) is 0 Å². The Morgan fingerprint density at radius 2 is 1.75 bits per heavy atom. The van der Waals surface area contributed by atoms with Crippen molar-refractivity contribution < 1.29 is 13.2 Å². The molecule has 0 atom stereocenters. The molecule has 0 amide bonds. The van der Waals surface area contributed by atoms with E-state index in [1.165, 1.54) is 19.2 Å². The number of ether oxygens (including phenoxy) is 1. The molecule has 1 heterocycles. The first-order valence-electron chi connectivity index (χ1n) is 5.90. The number of methoxy groups -OCH3 is 1. The summed E-state index contributed by atoms with van der Waals surface area (Å²) in [7, 11) is -2.15. The molecule has 1 N–H and O–H groups in total. The SMILES string of the molecule is COc1ccc(S(=O)(=O)Nc2cc(C)nc(C)n2)cc1. The molecule has 0 aliphatic carbocycles. The predicted molar refractivity (Wildman–Crippen MR) is 75.3 cm³/mol. The van der Waals surface area contributed by atoms with Gasteiger partial charge in [-0.15, -0.1) is 0 Å². The summed E-state index contributed by atoms with van der Waals surface area (Å²) in [6, 6.07) is 7.70. The summed E-state index contributed by atoms with van der Waals surface area (Å²) in [6.45, 7) is 3.48. The number of nitrogens with one attached hydrogen (secondary N) is 1. The maximum absolute atomic E-state index is 12.2. The van der Waals surface area contributed by atoms with Gasteiger partial charge >= 0.3 is 0 Å². The lowest BCUT2D eigenvalue weighted by Crippen LogP contribution is -2.14. The van der Waals surface area contributed by atoms with Crippen molar-refractivity contribution in [3.05, 3.63) is 41.9 Å². The second kappa shape index (κ2) is 5.46. The molecule has 1 aromatic carbocycles. The van der Waals surface area contributed by atoms with Gasteiger partial charge in [-0.05, 0) is 38.1 Å². The molecule has 20 heavy (non-hydrogen) atoms. The lowest BCUT2D eigenvalue weighted by molar-refractivity contribution is 0.414. The number of nitrogens with zero attached hydrogens (tertiary/aromatic N) is 2. The minimum absolute atomic E-state index is 0.146. The number of sulfonamides is 1. The van der Waals surface area contributed by atoms with Crippen LogP contribution in [0, 0.1) is 13.8 Å². The van der Waals surface area contributed by atoms with Crippen LogP contribution in [-0.4, -0.2) is 25.5 Å². The molecule has 0 saturated carbocycles. The van der Waals surface area contributed by atoms with Crippen LogP contribution in [0.2, 0.25) is 0 Å². The Morgan fingerprint density at radius 3 is 2.30 bits per heavy atom. The highest BCUT2D eigenvalue weighted by Gasteiger charge is 2.15. The van der Waals surface area contributed by atoms with Crippen LogP contribution >= 0.6 is 0 Å². The molecule has 2 rings (SSSR count). The van der Waals surface area contributed by atoms with Gasteiger partial charge in [0.25, 0.3) is 10.0 Å². The van der Waals surface area contributed by atoms with Crippen LogP contribution in [0.5, 0.6) is 5.75 Å². The second-order valence-electron chi connectivity index (χ2n) is 4.22. The van der Waals surface area contributed by atoms with Crippen molar-refractivity contribution in [2.45, 2.75) is 18.7 Å². The van der Waals surface area contributed by atoms with E-state index < -0.39 is 10.0 Å². The Labute approximate surface area is 117 Å². The maximum Gasteiger partial charge on any atom is 0.263 e. The van der Waals surface area contributed by atoms with E-state index in [1.54, 1.807) is 32.0 Å². The number of aromatic nitrogens is 2. The van der Waals surface area contributed by atoms with Gasteiger partial charge in [0.05, 0.1) is 12.0 Å². The standard InChI is InChI=1S/C13H15N3O3S/c1-9-8-13(15-10(2)14-9)16-20(17,18)12-6-4-11(19-3)5-7-12/h4-8H,1-3H3,(H,14,15,16). The van der Waals surface area contributed by atoms with Gasteiger partial charge in [0.15, 0.2) is 0 Å². The van der Waals surface area contributed by atoms with Crippen LogP contribution in [0.3, 0.4) is 0 Å². The average Bonchev–Trinajstić information content (AvgIpc) is 2.37. The van der Waals surface area contributed by atoms with Crippen LogP contribution in [0.15, 0.2) is 35.2 Å². The molecule has 0 aliphatic heterocycles. The molecule has 0 spiro atoms. The molecule has 7 heteroatoms.